The van der Waals surface area contributed by atoms with Crippen molar-refractivity contribution in [1.82, 2.24) is 20.3 Å². The molecule has 1 unspecified atom stereocenters. The van der Waals surface area contributed by atoms with Crippen LogP contribution >= 0.6 is 12.4 Å². The van der Waals surface area contributed by atoms with Crippen LogP contribution in [0.5, 0.6) is 0 Å². The summed E-state index contributed by atoms with van der Waals surface area (Å²) in [6.45, 7) is 2.34. The lowest BCUT2D eigenvalue weighted by atomic mass is 9.96. The molecular weight excluding hydrogens is 321 g/mol. The van der Waals surface area contributed by atoms with Crippen LogP contribution in [0.4, 0.5) is 4.39 Å². The molecule has 23 heavy (non-hydrogen) atoms. The Hall–Kier alpha value is -1.99. The van der Waals surface area contributed by atoms with E-state index in [1.165, 1.54) is 23.1 Å². The molecule has 124 valence electrons. The quantitative estimate of drug-likeness (QED) is 0.868. The number of nitrogens with two attached hydrogens (primary N) is 1. The third kappa shape index (κ3) is 3.68. The fourth-order valence-electron chi connectivity index (χ4n) is 2.43. The van der Waals surface area contributed by atoms with Crippen LogP contribution in [0, 0.1) is 11.7 Å². The fourth-order valence-corrected chi connectivity index (χ4v) is 2.43. The molecule has 1 aromatic carbocycles. The van der Waals surface area contributed by atoms with Gasteiger partial charge in [0.2, 0.25) is 0 Å². The second kappa shape index (κ2) is 6.64. The van der Waals surface area contributed by atoms with Crippen LogP contribution in [-0.2, 0) is 0 Å². The first kappa shape index (κ1) is 17.4. The summed E-state index contributed by atoms with van der Waals surface area (Å²) in [6.07, 6.45) is 3.55. The lowest BCUT2D eigenvalue weighted by Crippen LogP contribution is -2.53. The first-order chi connectivity index (χ1) is 10.5. The lowest BCUT2D eigenvalue weighted by molar-refractivity contribution is 0.0892. The normalized spacial score (nSPS) is 16.3. The third-order valence-corrected chi connectivity index (χ3v) is 4.08. The van der Waals surface area contributed by atoms with Crippen molar-refractivity contribution in [2.75, 3.05) is 6.54 Å². The van der Waals surface area contributed by atoms with Crippen LogP contribution in [0.1, 0.15) is 30.3 Å². The monoisotopic (exact) mass is 339 g/mol. The Balaban J connectivity index is 0.00000192. The smallest absolute Gasteiger partial charge is 0.273 e. The van der Waals surface area contributed by atoms with E-state index in [1.807, 2.05) is 6.92 Å². The average molecular weight is 340 g/mol. The van der Waals surface area contributed by atoms with E-state index in [4.69, 9.17) is 5.73 Å². The maximum atomic E-state index is 12.9. The molecule has 1 amide bonds. The van der Waals surface area contributed by atoms with Crippen LogP contribution in [0.2, 0.25) is 0 Å². The minimum absolute atomic E-state index is 0. The Morgan fingerprint density at radius 2 is 2.09 bits per heavy atom. The molecule has 0 spiro atoms. The summed E-state index contributed by atoms with van der Waals surface area (Å²) in [5, 5.41) is 11.1. The summed E-state index contributed by atoms with van der Waals surface area (Å²) in [7, 11) is 0. The van der Waals surface area contributed by atoms with Gasteiger partial charge in [-0.1, -0.05) is 0 Å². The van der Waals surface area contributed by atoms with Gasteiger partial charge in [0.25, 0.3) is 5.91 Å². The van der Waals surface area contributed by atoms with Gasteiger partial charge in [-0.15, -0.1) is 17.5 Å². The zero-order valence-corrected chi connectivity index (χ0v) is 13.5. The fraction of sp³-hybridized carbons (Fsp3) is 0.400. The van der Waals surface area contributed by atoms with Gasteiger partial charge < -0.3 is 11.1 Å². The molecule has 0 saturated heterocycles. The molecule has 1 fully saturated rings. The first-order valence-corrected chi connectivity index (χ1v) is 7.23. The summed E-state index contributed by atoms with van der Waals surface area (Å²) < 4.78 is 12.9. The van der Waals surface area contributed by atoms with E-state index in [0.717, 1.165) is 12.8 Å². The number of hydrogen-bond donors (Lipinski definition) is 2. The number of benzene rings is 1. The van der Waals surface area contributed by atoms with Gasteiger partial charge in [-0.2, -0.15) is 9.90 Å². The molecule has 3 rings (SSSR count). The highest BCUT2D eigenvalue weighted by Crippen LogP contribution is 2.39. The molecule has 1 saturated carbocycles. The van der Waals surface area contributed by atoms with Gasteiger partial charge in [0.1, 0.15) is 5.82 Å². The molecule has 0 bridgehead atoms. The Morgan fingerprint density at radius 1 is 1.43 bits per heavy atom. The van der Waals surface area contributed by atoms with Gasteiger partial charge in [-0.3, -0.25) is 4.79 Å². The Kier molecular flexibility index (Phi) is 5.01. The van der Waals surface area contributed by atoms with Crippen molar-refractivity contribution in [1.29, 1.82) is 0 Å². The standard InChI is InChI=1S/C15H18FN5O.ClH/c1-15(9-17,10-2-3-10)19-14(22)13-8-18-21(20-13)12-6-4-11(16)5-7-12;/h4-8,10H,2-3,9,17H2,1H3,(H,19,22);1H. The van der Waals surface area contributed by atoms with Gasteiger partial charge in [0.05, 0.1) is 17.4 Å². The van der Waals surface area contributed by atoms with Crippen molar-refractivity contribution in [3.05, 3.63) is 42.0 Å². The minimum atomic E-state index is -0.406. The largest absolute Gasteiger partial charge is 0.344 e. The number of carbonyl (C=O) groups is 1. The number of rotatable bonds is 5. The SMILES string of the molecule is CC(CN)(NC(=O)c1cnn(-c2ccc(F)cc2)n1)C1CC1.Cl. The molecule has 0 radical (unpaired) electrons. The lowest BCUT2D eigenvalue weighted by Gasteiger charge is -2.28. The van der Waals surface area contributed by atoms with Gasteiger partial charge in [-0.05, 0) is 49.9 Å². The molecule has 0 aliphatic heterocycles. The van der Waals surface area contributed by atoms with Crippen LogP contribution < -0.4 is 11.1 Å². The van der Waals surface area contributed by atoms with Crippen LogP contribution in [0.15, 0.2) is 30.5 Å². The van der Waals surface area contributed by atoms with Crippen molar-refractivity contribution in [2.45, 2.75) is 25.3 Å². The highest BCUT2D eigenvalue weighted by atomic mass is 35.5. The Labute approximate surface area is 139 Å². The Bertz CT molecular complexity index is 685. The van der Waals surface area contributed by atoms with E-state index in [-0.39, 0.29) is 29.8 Å². The predicted octanol–water partition coefficient (Wildman–Crippen LogP) is 1.69. The first-order valence-electron chi connectivity index (χ1n) is 7.23. The summed E-state index contributed by atoms with van der Waals surface area (Å²) in [6, 6.07) is 5.73. The van der Waals surface area contributed by atoms with Gasteiger partial charge in [-0.25, -0.2) is 4.39 Å². The number of hydrogen-bond acceptors (Lipinski definition) is 4. The van der Waals surface area contributed by atoms with E-state index in [0.29, 0.717) is 18.2 Å². The molecule has 3 N–H and O–H groups in total. The zero-order valence-electron chi connectivity index (χ0n) is 12.7. The number of aromatic nitrogens is 3. The number of nitrogens with one attached hydrogen (secondary N) is 1. The minimum Gasteiger partial charge on any atom is -0.344 e. The maximum Gasteiger partial charge on any atom is 0.273 e. The maximum absolute atomic E-state index is 12.9. The van der Waals surface area contributed by atoms with E-state index < -0.39 is 5.54 Å². The number of amides is 1. The van der Waals surface area contributed by atoms with Crippen LogP contribution in [0.25, 0.3) is 5.69 Å². The van der Waals surface area contributed by atoms with Crippen LogP contribution in [-0.4, -0.2) is 33.0 Å². The van der Waals surface area contributed by atoms with Crippen molar-refractivity contribution in [3.8, 4) is 5.69 Å². The van der Waals surface area contributed by atoms with Crippen molar-refractivity contribution >= 4 is 18.3 Å². The van der Waals surface area contributed by atoms with Gasteiger partial charge >= 0.3 is 0 Å². The molecule has 1 atom stereocenters. The number of halogens is 2. The number of carbonyl (C=O) groups excluding carboxylic acids is 1. The molecule has 1 aliphatic carbocycles. The van der Waals surface area contributed by atoms with E-state index >= 15 is 0 Å². The molecule has 8 heteroatoms. The zero-order chi connectivity index (χ0) is 15.7. The molecule has 1 heterocycles. The second-order valence-electron chi connectivity index (χ2n) is 5.85. The van der Waals surface area contributed by atoms with E-state index in [2.05, 4.69) is 15.5 Å². The second-order valence-corrected chi connectivity index (χ2v) is 5.85. The van der Waals surface area contributed by atoms with Gasteiger partial charge in [0.15, 0.2) is 5.69 Å². The van der Waals surface area contributed by atoms with E-state index in [1.54, 1.807) is 12.1 Å². The number of nitrogens with zero attached hydrogens (tertiary/aromatic N) is 3. The molecule has 1 aromatic heterocycles. The Morgan fingerprint density at radius 3 is 2.65 bits per heavy atom. The van der Waals surface area contributed by atoms with Crippen molar-refractivity contribution < 1.29 is 9.18 Å². The topological polar surface area (TPSA) is 85.8 Å². The molecular formula is C15H19ClFN5O. The van der Waals surface area contributed by atoms with Gasteiger partial charge in [0, 0.05) is 6.54 Å². The third-order valence-electron chi connectivity index (χ3n) is 4.08. The van der Waals surface area contributed by atoms with E-state index in [9.17, 15) is 9.18 Å². The molecule has 1 aliphatic rings. The predicted molar refractivity (Wildman–Crippen MR) is 86.2 cm³/mol. The summed E-state index contributed by atoms with van der Waals surface area (Å²) >= 11 is 0. The molecule has 2 aromatic rings. The summed E-state index contributed by atoms with van der Waals surface area (Å²) in [4.78, 5) is 13.6. The molecule has 6 nitrogen and oxygen atoms in total. The van der Waals surface area contributed by atoms with Crippen molar-refractivity contribution in [3.63, 3.8) is 0 Å². The van der Waals surface area contributed by atoms with Crippen molar-refractivity contribution in [2.24, 2.45) is 11.7 Å². The summed E-state index contributed by atoms with van der Waals surface area (Å²) in [5.74, 6) is -0.209. The average Bonchev–Trinajstić information content (AvgIpc) is 3.26. The highest BCUT2D eigenvalue weighted by molar-refractivity contribution is 5.92. The highest BCUT2D eigenvalue weighted by Gasteiger charge is 2.41. The summed E-state index contributed by atoms with van der Waals surface area (Å²) in [5.41, 5.74) is 6.19. The van der Waals surface area contributed by atoms with Crippen LogP contribution in [0.3, 0.4) is 0 Å².